The molecule has 0 radical (unpaired) electrons. The highest BCUT2D eigenvalue weighted by atomic mass is 35.5. The van der Waals surface area contributed by atoms with Crippen molar-refractivity contribution in [1.29, 1.82) is 0 Å². The molecule has 94 valence electrons. The largest absolute Gasteiger partial charge is 0.417 e. The van der Waals surface area contributed by atoms with Crippen LogP contribution in [0.5, 0.6) is 0 Å². The van der Waals surface area contributed by atoms with Crippen LogP contribution in [0.15, 0.2) is 42.5 Å². The van der Waals surface area contributed by atoms with Crippen molar-refractivity contribution in [1.82, 2.24) is 0 Å². The zero-order chi connectivity index (χ0) is 13.3. The van der Waals surface area contributed by atoms with Crippen molar-refractivity contribution in [3.05, 3.63) is 58.1 Å². The second-order valence-corrected chi connectivity index (χ2v) is 4.55. The highest BCUT2D eigenvalue weighted by molar-refractivity contribution is 6.31. The number of alkyl halides is 3. The van der Waals surface area contributed by atoms with Crippen LogP contribution in [0.3, 0.4) is 0 Å². The van der Waals surface area contributed by atoms with E-state index in [0.717, 1.165) is 6.07 Å². The highest BCUT2D eigenvalue weighted by Gasteiger charge is 2.33. The van der Waals surface area contributed by atoms with E-state index >= 15 is 0 Å². The van der Waals surface area contributed by atoms with Crippen LogP contribution in [0.25, 0.3) is 11.1 Å². The molecule has 0 saturated heterocycles. The van der Waals surface area contributed by atoms with Crippen LogP contribution in [0, 0.1) is 0 Å². The minimum Gasteiger partial charge on any atom is -0.166 e. The van der Waals surface area contributed by atoms with Crippen molar-refractivity contribution >= 4 is 23.2 Å². The molecule has 0 bridgehead atoms. The Labute approximate surface area is 112 Å². The normalized spacial score (nSPS) is 11.6. The highest BCUT2D eigenvalue weighted by Crippen LogP contribution is 2.37. The van der Waals surface area contributed by atoms with Crippen LogP contribution in [-0.4, -0.2) is 0 Å². The maximum atomic E-state index is 12.7. The molecule has 2 aromatic carbocycles. The first-order chi connectivity index (χ1) is 8.38. The van der Waals surface area contributed by atoms with Gasteiger partial charge in [-0.1, -0.05) is 41.4 Å². The summed E-state index contributed by atoms with van der Waals surface area (Å²) in [7, 11) is 0. The van der Waals surface area contributed by atoms with Crippen molar-refractivity contribution in [2.75, 3.05) is 0 Å². The van der Waals surface area contributed by atoms with Gasteiger partial charge in [-0.15, -0.1) is 0 Å². The Morgan fingerprint density at radius 3 is 2.11 bits per heavy atom. The smallest absolute Gasteiger partial charge is 0.166 e. The average molecular weight is 291 g/mol. The van der Waals surface area contributed by atoms with Gasteiger partial charge < -0.3 is 0 Å². The maximum Gasteiger partial charge on any atom is 0.417 e. The molecule has 0 unspecified atom stereocenters. The summed E-state index contributed by atoms with van der Waals surface area (Å²) in [6, 6.07) is 10.4. The number of hydrogen-bond donors (Lipinski definition) is 0. The van der Waals surface area contributed by atoms with Gasteiger partial charge in [0.25, 0.3) is 0 Å². The summed E-state index contributed by atoms with van der Waals surface area (Å²) >= 11 is 11.4. The lowest BCUT2D eigenvalue weighted by Gasteiger charge is -2.11. The molecule has 0 fully saturated rings. The first-order valence-electron chi connectivity index (χ1n) is 5.00. The number of hydrogen-bond acceptors (Lipinski definition) is 0. The van der Waals surface area contributed by atoms with Gasteiger partial charge in [0.05, 0.1) is 10.6 Å². The molecule has 18 heavy (non-hydrogen) atoms. The van der Waals surface area contributed by atoms with Gasteiger partial charge in [-0.3, -0.25) is 0 Å². The molecule has 0 aliphatic carbocycles. The van der Waals surface area contributed by atoms with E-state index in [1.807, 2.05) is 0 Å². The maximum absolute atomic E-state index is 12.7. The van der Waals surface area contributed by atoms with Crippen LogP contribution in [0.4, 0.5) is 13.2 Å². The third-order valence-electron chi connectivity index (χ3n) is 2.43. The van der Waals surface area contributed by atoms with Gasteiger partial charge in [0.15, 0.2) is 0 Å². The second kappa shape index (κ2) is 4.82. The summed E-state index contributed by atoms with van der Waals surface area (Å²) in [6.45, 7) is 0. The Kier molecular flexibility index (Phi) is 3.55. The Hall–Kier alpha value is -1.19. The molecule has 0 aliphatic rings. The lowest BCUT2D eigenvalue weighted by molar-refractivity contribution is -0.137. The molecule has 2 aromatic rings. The molecule has 2 rings (SSSR count). The summed E-state index contributed by atoms with van der Waals surface area (Å²) in [5, 5.41) is 0.157. The predicted molar refractivity (Wildman–Crippen MR) is 66.9 cm³/mol. The van der Waals surface area contributed by atoms with Crippen molar-refractivity contribution < 1.29 is 13.2 Å². The van der Waals surface area contributed by atoms with Gasteiger partial charge in [0, 0.05) is 5.02 Å². The molecule has 5 heteroatoms. The van der Waals surface area contributed by atoms with Crippen molar-refractivity contribution in [2.24, 2.45) is 0 Å². The molecule has 0 spiro atoms. The fourth-order valence-electron chi connectivity index (χ4n) is 1.59. The molecule has 0 atom stereocenters. The molecule has 0 aromatic heterocycles. The van der Waals surface area contributed by atoms with Gasteiger partial charge >= 0.3 is 6.18 Å². The SMILES string of the molecule is FC(F)(F)c1cc(-c2cccc(Cl)c2)ccc1Cl. The fourth-order valence-corrected chi connectivity index (χ4v) is 2.01. The van der Waals surface area contributed by atoms with E-state index in [-0.39, 0.29) is 5.02 Å². The molecule has 0 heterocycles. The van der Waals surface area contributed by atoms with Gasteiger partial charge in [-0.2, -0.15) is 13.2 Å². The molecule has 0 aliphatic heterocycles. The monoisotopic (exact) mass is 290 g/mol. The fraction of sp³-hybridized carbons (Fsp3) is 0.0769. The van der Waals surface area contributed by atoms with Gasteiger partial charge in [-0.25, -0.2) is 0 Å². The molecule has 0 nitrogen and oxygen atoms in total. The van der Waals surface area contributed by atoms with Crippen molar-refractivity contribution in [2.45, 2.75) is 6.18 Å². The molecule has 0 amide bonds. The Morgan fingerprint density at radius 1 is 0.833 bits per heavy atom. The van der Waals surface area contributed by atoms with Gasteiger partial charge in [0.2, 0.25) is 0 Å². The first-order valence-corrected chi connectivity index (χ1v) is 5.76. The van der Waals surface area contributed by atoms with E-state index in [1.165, 1.54) is 12.1 Å². The number of benzene rings is 2. The summed E-state index contributed by atoms with van der Waals surface area (Å²) in [5.41, 5.74) is 0.195. The van der Waals surface area contributed by atoms with E-state index in [4.69, 9.17) is 23.2 Å². The zero-order valence-electron chi connectivity index (χ0n) is 8.93. The van der Waals surface area contributed by atoms with Crippen LogP contribution >= 0.6 is 23.2 Å². The molecular weight excluding hydrogens is 284 g/mol. The van der Waals surface area contributed by atoms with Crippen molar-refractivity contribution in [3.8, 4) is 11.1 Å². The first kappa shape index (κ1) is 13.2. The molecule has 0 saturated carbocycles. The zero-order valence-corrected chi connectivity index (χ0v) is 10.4. The van der Waals surface area contributed by atoms with Gasteiger partial charge in [-0.05, 0) is 35.4 Å². The topological polar surface area (TPSA) is 0 Å². The van der Waals surface area contributed by atoms with Crippen LogP contribution in [0.2, 0.25) is 10.0 Å². The summed E-state index contributed by atoms with van der Waals surface area (Å²) in [6.07, 6.45) is -4.47. The van der Waals surface area contributed by atoms with E-state index in [1.54, 1.807) is 24.3 Å². The second-order valence-electron chi connectivity index (χ2n) is 3.70. The van der Waals surface area contributed by atoms with Crippen LogP contribution in [-0.2, 0) is 6.18 Å². The molecule has 0 N–H and O–H groups in total. The van der Waals surface area contributed by atoms with Crippen LogP contribution < -0.4 is 0 Å². The third kappa shape index (κ3) is 2.79. The Morgan fingerprint density at radius 2 is 1.50 bits per heavy atom. The standard InChI is InChI=1S/C13H7Cl2F3/c14-10-3-1-2-8(6-10)9-4-5-12(15)11(7-9)13(16,17)18/h1-7H. The lowest BCUT2D eigenvalue weighted by Crippen LogP contribution is -2.05. The van der Waals surface area contributed by atoms with Crippen molar-refractivity contribution in [3.63, 3.8) is 0 Å². The molecular formula is C13H7Cl2F3. The predicted octanol–water partition coefficient (Wildman–Crippen LogP) is 5.68. The number of halogens is 5. The third-order valence-corrected chi connectivity index (χ3v) is 2.99. The summed E-state index contributed by atoms with van der Waals surface area (Å²) in [4.78, 5) is 0. The lowest BCUT2D eigenvalue weighted by atomic mass is 10.0. The van der Waals surface area contributed by atoms with E-state index in [2.05, 4.69) is 0 Å². The van der Waals surface area contributed by atoms with E-state index < -0.39 is 11.7 Å². The Balaban J connectivity index is 2.54. The average Bonchev–Trinajstić information content (AvgIpc) is 2.28. The minimum absolute atomic E-state index is 0.312. The minimum atomic E-state index is -4.47. The number of rotatable bonds is 1. The van der Waals surface area contributed by atoms with E-state index in [9.17, 15) is 13.2 Å². The van der Waals surface area contributed by atoms with E-state index in [0.29, 0.717) is 16.1 Å². The summed E-state index contributed by atoms with van der Waals surface area (Å²) in [5.74, 6) is 0. The van der Waals surface area contributed by atoms with Gasteiger partial charge in [0.1, 0.15) is 0 Å². The van der Waals surface area contributed by atoms with Crippen LogP contribution in [0.1, 0.15) is 5.56 Å². The summed E-state index contributed by atoms with van der Waals surface area (Å²) < 4.78 is 38.1. The Bertz CT molecular complexity index is 577. The quantitative estimate of drug-likeness (QED) is 0.634.